The molecule has 0 saturated heterocycles. The number of halogens is 1. The lowest BCUT2D eigenvalue weighted by atomic mass is 10.1. The minimum absolute atomic E-state index is 0.255. The third kappa shape index (κ3) is 4.55. The Morgan fingerprint density at radius 2 is 2.00 bits per heavy atom. The van der Waals surface area contributed by atoms with E-state index in [1.807, 2.05) is 12.1 Å². The van der Waals surface area contributed by atoms with Crippen LogP contribution in [0.5, 0.6) is 0 Å². The molecule has 0 amide bonds. The molecule has 0 heterocycles. The van der Waals surface area contributed by atoms with Crippen molar-refractivity contribution in [2.45, 2.75) is 11.7 Å². The first kappa shape index (κ1) is 13.0. The van der Waals surface area contributed by atoms with Gasteiger partial charge in [-0.3, -0.25) is 0 Å². The summed E-state index contributed by atoms with van der Waals surface area (Å²) in [6.45, 7) is 0.891. The molecule has 1 aromatic rings. The summed E-state index contributed by atoms with van der Waals surface area (Å²) in [5.74, 6) is 0.953. The standard InChI is InChI=1S/C11H16BrNOS/c12-10-4-2-9(3-5-10)11(8-13)15-7-1-6-14/h2-5,11,14H,1,6-8,13H2. The Bertz CT molecular complexity index is 278. The maximum atomic E-state index is 8.71. The fraction of sp³-hybridized carbons (Fsp3) is 0.455. The van der Waals surface area contributed by atoms with Crippen molar-refractivity contribution in [3.63, 3.8) is 0 Å². The van der Waals surface area contributed by atoms with Gasteiger partial charge >= 0.3 is 0 Å². The molecule has 1 aromatic carbocycles. The van der Waals surface area contributed by atoms with Gasteiger partial charge in [-0.05, 0) is 29.9 Å². The maximum absolute atomic E-state index is 8.71. The molecule has 2 nitrogen and oxygen atoms in total. The molecule has 0 saturated carbocycles. The molecule has 1 atom stereocenters. The number of hydrogen-bond donors (Lipinski definition) is 2. The average Bonchev–Trinajstić information content (AvgIpc) is 2.26. The third-order valence-corrected chi connectivity index (χ3v) is 4.00. The second-order valence-electron chi connectivity index (χ2n) is 3.22. The van der Waals surface area contributed by atoms with E-state index in [0.29, 0.717) is 11.8 Å². The van der Waals surface area contributed by atoms with E-state index in [1.165, 1.54) is 5.56 Å². The van der Waals surface area contributed by atoms with Crippen molar-refractivity contribution in [3.05, 3.63) is 34.3 Å². The van der Waals surface area contributed by atoms with E-state index in [0.717, 1.165) is 16.6 Å². The van der Waals surface area contributed by atoms with Gasteiger partial charge in [0.2, 0.25) is 0 Å². The molecule has 1 rings (SSSR count). The van der Waals surface area contributed by atoms with Crippen LogP contribution in [0.3, 0.4) is 0 Å². The topological polar surface area (TPSA) is 46.2 Å². The molecule has 0 aliphatic rings. The summed E-state index contributed by atoms with van der Waals surface area (Å²) >= 11 is 5.21. The van der Waals surface area contributed by atoms with Crippen molar-refractivity contribution in [2.75, 3.05) is 18.9 Å². The third-order valence-electron chi connectivity index (χ3n) is 2.08. The fourth-order valence-electron chi connectivity index (χ4n) is 1.27. The first-order valence-electron chi connectivity index (χ1n) is 4.96. The first-order valence-corrected chi connectivity index (χ1v) is 6.80. The zero-order chi connectivity index (χ0) is 11.1. The summed E-state index contributed by atoms with van der Waals surface area (Å²) < 4.78 is 1.09. The second-order valence-corrected chi connectivity index (χ2v) is 5.45. The number of hydrogen-bond acceptors (Lipinski definition) is 3. The predicted molar refractivity (Wildman–Crippen MR) is 70.1 cm³/mol. The zero-order valence-corrected chi connectivity index (χ0v) is 10.9. The van der Waals surface area contributed by atoms with E-state index in [4.69, 9.17) is 10.8 Å². The van der Waals surface area contributed by atoms with Crippen molar-refractivity contribution in [1.82, 2.24) is 0 Å². The number of benzene rings is 1. The van der Waals surface area contributed by atoms with Crippen LogP contribution in [0.2, 0.25) is 0 Å². The summed E-state index contributed by atoms with van der Waals surface area (Å²) in [4.78, 5) is 0. The Morgan fingerprint density at radius 1 is 1.33 bits per heavy atom. The summed E-state index contributed by atoms with van der Waals surface area (Å²) in [5.41, 5.74) is 6.98. The molecule has 84 valence electrons. The molecular weight excluding hydrogens is 274 g/mol. The van der Waals surface area contributed by atoms with Gasteiger partial charge in [0.25, 0.3) is 0 Å². The molecule has 0 aromatic heterocycles. The van der Waals surface area contributed by atoms with Crippen LogP contribution in [0.1, 0.15) is 17.2 Å². The van der Waals surface area contributed by atoms with Crippen molar-refractivity contribution in [3.8, 4) is 0 Å². The molecule has 4 heteroatoms. The Morgan fingerprint density at radius 3 is 2.53 bits per heavy atom. The van der Waals surface area contributed by atoms with E-state index in [1.54, 1.807) is 11.8 Å². The Labute approximate surface area is 103 Å². The lowest BCUT2D eigenvalue weighted by Crippen LogP contribution is -2.10. The maximum Gasteiger partial charge on any atom is 0.0438 e. The molecule has 0 bridgehead atoms. The molecule has 3 N–H and O–H groups in total. The van der Waals surface area contributed by atoms with Crippen LogP contribution in [0.15, 0.2) is 28.7 Å². The van der Waals surface area contributed by atoms with Crippen LogP contribution in [-0.2, 0) is 0 Å². The second kappa shape index (κ2) is 7.28. The highest BCUT2D eigenvalue weighted by Crippen LogP contribution is 2.28. The van der Waals surface area contributed by atoms with Crippen LogP contribution < -0.4 is 5.73 Å². The highest BCUT2D eigenvalue weighted by atomic mass is 79.9. The number of thioether (sulfide) groups is 1. The van der Waals surface area contributed by atoms with Crippen molar-refractivity contribution in [1.29, 1.82) is 0 Å². The average molecular weight is 290 g/mol. The minimum Gasteiger partial charge on any atom is -0.396 e. The van der Waals surface area contributed by atoms with E-state index in [2.05, 4.69) is 28.1 Å². The number of rotatable bonds is 6. The Balaban J connectivity index is 2.53. The van der Waals surface area contributed by atoms with Gasteiger partial charge in [0.1, 0.15) is 0 Å². The summed E-state index contributed by atoms with van der Waals surface area (Å²) in [5, 5.41) is 9.05. The fourth-order valence-corrected chi connectivity index (χ4v) is 2.60. The van der Waals surface area contributed by atoms with Crippen molar-refractivity contribution in [2.24, 2.45) is 5.73 Å². The smallest absolute Gasteiger partial charge is 0.0438 e. The highest BCUT2D eigenvalue weighted by Gasteiger charge is 2.09. The monoisotopic (exact) mass is 289 g/mol. The number of aliphatic hydroxyl groups is 1. The van der Waals surface area contributed by atoms with Crippen molar-refractivity contribution >= 4 is 27.7 Å². The van der Waals surface area contributed by atoms with Crippen LogP contribution >= 0.6 is 27.7 Å². The Hall–Kier alpha value is -0.0300. The van der Waals surface area contributed by atoms with Gasteiger partial charge in [0.15, 0.2) is 0 Å². The molecule has 0 spiro atoms. The highest BCUT2D eigenvalue weighted by molar-refractivity contribution is 9.10. The van der Waals surface area contributed by atoms with E-state index in [-0.39, 0.29) is 6.61 Å². The largest absolute Gasteiger partial charge is 0.396 e. The summed E-state index contributed by atoms with van der Waals surface area (Å²) in [6.07, 6.45) is 0.831. The van der Waals surface area contributed by atoms with Gasteiger partial charge in [-0.1, -0.05) is 28.1 Å². The molecule has 1 unspecified atom stereocenters. The van der Waals surface area contributed by atoms with Gasteiger partial charge in [0, 0.05) is 22.9 Å². The van der Waals surface area contributed by atoms with Crippen LogP contribution in [0, 0.1) is 0 Å². The van der Waals surface area contributed by atoms with Gasteiger partial charge in [-0.25, -0.2) is 0 Å². The lowest BCUT2D eigenvalue weighted by Gasteiger charge is -2.14. The SMILES string of the molecule is NCC(SCCCO)c1ccc(Br)cc1. The lowest BCUT2D eigenvalue weighted by molar-refractivity contribution is 0.296. The van der Waals surface area contributed by atoms with E-state index in [9.17, 15) is 0 Å². The number of aliphatic hydroxyl groups excluding tert-OH is 1. The zero-order valence-electron chi connectivity index (χ0n) is 8.53. The molecular formula is C11H16BrNOS. The van der Waals surface area contributed by atoms with Gasteiger partial charge in [0.05, 0.1) is 0 Å². The Kier molecular flexibility index (Phi) is 6.32. The predicted octanol–water partition coefficient (Wildman–Crippen LogP) is 2.56. The normalized spacial score (nSPS) is 12.7. The van der Waals surface area contributed by atoms with Gasteiger partial charge in [-0.15, -0.1) is 0 Å². The molecule has 0 aliphatic heterocycles. The summed E-state index contributed by atoms with van der Waals surface area (Å²) in [7, 11) is 0. The molecule has 0 fully saturated rings. The van der Waals surface area contributed by atoms with Crippen LogP contribution in [0.25, 0.3) is 0 Å². The minimum atomic E-state index is 0.255. The van der Waals surface area contributed by atoms with E-state index < -0.39 is 0 Å². The molecule has 15 heavy (non-hydrogen) atoms. The van der Waals surface area contributed by atoms with E-state index >= 15 is 0 Å². The van der Waals surface area contributed by atoms with Gasteiger partial charge in [-0.2, -0.15) is 11.8 Å². The quantitative estimate of drug-likeness (QED) is 0.792. The van der Waals surface area contributed by atoms with Crippen LogP contribution in [0.4, 0.5) is 0 Å². The van der Waals surface area contributed by atoms with Crippen molar-refractivity contribution < 1.29 is 5.11 Å². The van der Waals surface area contributed by atoms with Crippen LogP contribution in [-0.4, -0.2) is 24.0 Å². The van der Waals surface area contributed by atoms with Gasteiger partial charge < -0.3 is 10.8 Å². The summed E-state index contributed by atoms with van der Waals surface area (Å²) in [6, 6.07) is 8.25. The number of nitrogens with two attached hydrogens (primary N) is 1. The first-order chi connectivity index (χ1) is 7.27. The molecule has 0 aliphatic carbocycles. The molecule has 0 radical (unpaired) electrons.